The van der Waals surface area contributed by atoms with Crippen molar-refractivity contribution in [1.82, 2.24) is 4.90 Å². The van der Waals surface area contributed by atoms with Gasteiger partial charge in [-0.1, -0.05) is 6.07 Å². The van der Waals surface area contributed by atoms with Gasteiger partial charge in [-0.15, -0.1) is 0 Å². The maximum absolute atomic E-state index is 13.5. The fourth-order valence-electron chi connectivity index (χ4n) is 3.27. The van der Waals surface area contributed by atoms with Crippen molar-refractivity contribution in [1.29, 1.82) is 0 Å². The summed E-state index contributed by atoms with van der Waals surface area (Å²) in [5.41, 5.74) is 2.57. The molecule has 6 nitrogen and oxygen atoms in total. The smallest absolute Gasteiger partial charge is 0.290 e. The van der Waals surface area contributed by atoms with Crippen LogP contribution in [0.4, 0.5) is 15.8 Å². The molecule has 0 aliphatic rings. The Kier molecular flexibility index (Phi) is 6.74. The number of nitrogens with zero attached hydrogens (tertiary/aromatic N) is 2. The molecule has 31 heavy (non-hydrogen) atoms. The minimum absolute atomic E-state index is 0.0712. The Labute approximate surface area is 181 Å². The van der Waals surface area contributed by atoms with Crippen molar-refractivity contribution < 1.29 is 18.4 Å². The van der Waals surface area contributed by atoms with Gasteiger partial charge in [-0.3, -0.25) is 9.59 Å². The normalized spacial score (nSPS) is 10.8. The van der Waals surface area contributed by atoms with Crippen LogP contribution in [-0.4, -0.2) is 36.9 Å². The van der Waals surface area contributed by atoms with Gasteiger partial charge in [0.15, 0.2) is 5.76 Å². The average molecular weight is 423 g/mol. The van der Waals surface area contributed by atoms with Crippen LogP contribution in [0.2, 0.25) is 0 Å². The highest BCUT2D eigenvalue weighted by atomic mass is 19.1. The zero-order valence-electron chi connectivity index (χ0n) is 18.1. The molecule has 7 heteroatoms. The van der Waals surface area contributed by atoms with Gasteiger partial charge in [-0.05, 0) is 67.9 Å². The molecule has 0 spiro atoms. The molecule has 2 aromatic carbocycles. The third-order valence-corrected chi connectivity index (χ3v) is 4.86. The van der Waals surface area contributed by atoms with Gasteiger partial charge in [0.2, 0.25) is 0 Å². The number of carbonyl (C=O) groups excluding carboxylic acids is 2. The summed E-state index contributed by atoms with van der Waals surface area (Å²) in [6, 6.07) is 14.3. The molecule has 0 atom stereocenters. The number of nitrogens with one attached hydrogen (secondary N) is 1. The van der Waals surface area contributed by atoms with Crippen molar-refractivity contribution in [3.05, 3.63) is 83.6 Å². The van der Waals surface area contributed by atoms with Gasteiger partial charge in [-0.2, -0.15) is 0 Å². The highest BCUT2D eigenvalue weighted by Gasteiger charge is 2.23. The highest BCUT2D eigenvalue weighted by molar-refractivity contribution is 6.04. The summed E-state index contributed by atoms with van der Waals surface area (Å²) < 4.78 is 18.7. The van der Waals surface area contributed by atoms with Crippen LogP contribution in [0, 0.1) is 5.82 Å². The molecule has 0 aliphatic heterocycles. The first kappa shape index (κ1) is 22.1. The lowest BCUT2D eigenvalue weighted by molar-refractivity contribution is 0.0657. The van der Waals surface area contributed by atoms with Crippen molar-refractivity contribution in [3.8, 4) is 0 Å². The van der Waals surface area contributed by atoms with Crippen LogP contribution in [0.1, 0.15) is 40.3 Å². The van der Waals surface area contributed by atoms with E-state index in [0.717, 1.165) is 11.3 Å². The van der Waals surface area contributed by atoms with E-state index < -0.39 is 11.7 Å². The zero-order valence-corrected chi connectivity index (χ0v) is 18.1. The molecule has 0 saturated carbocycles. The molecule has 3 aromatic rings. The number of rotatable bonds is 7. The van der Waals surface area contributed by atoms with E-state index in [0.29, 0.717) is 12.2 Å². The third kappa shape index (κ3) is 5.31. The number of carbonyl (C=O) groups is 2. The molecule has 2 amide bonds. The van der Waals surface area contributed by atoms with E-state index in [4.69, 9.17) is 4.42 Å². The van der Waals surface area contributed by atoms with Crippen LogP contribution in [0.25, 0.3) is 0 Å². The van der Waals surface area contributed by atoms with Crippen molar-refractivity contribution in [2.45, 2.75) is 26.4 Å². The van der Waals surface area contributed by atoms with E-state index >= 15 is 0 Å². The zero-order chi connectivity index (χ0) is 22.5. The molecule has 0 unspecified atom stereocenters. The number of anilines is 2. The van der Waals surface area contributed by atoms with Gasteiger partial charge >= 0.3 is 0 Å². The molecule has 0 radical (unpaired) electrons. The first-order chi connectivity index (χ1) is 14.8. The van der Waals surface area contributed by atoms with E-state index in [1.165, 1.54) is 24.5 Å². The highest BCUT2D eigenvalue weighted by Crippen LogP contribution is 2.26. The Balaban J connectivity index is 1.89. The Morgan fingerprint density at radius 2 is 1.84 bits per heavy atom. The molecule has 3 rings (SSSR count). The van der Waals surface area contributed by atoms with Gasteiger partial charge in [-0.25, -0.2) is 4.39 Å². The van der Waals surface area contributed by atoms with Crippen LogP contribution in [-0.2, 0) is 6.54 Å². The van der Waals surface area contributed by atoms with Crippen LogP contribution >= 0.6 is 0 Å². The Morgan fingerprint density at radius 3 is 2.45 bits per heavy atom. The van der Waals surface area contributed by atoms with Gasteiger partial charge in [0.25, 0.3) is 11.8 Å². The van der Waals surface area contributed by atoms with E-state index in [2.05, 4.69) is 5.32 Å². The number of amides is 2. The lowest BCUT2D eigenvalue weighted by Crippen LogP contribution is -2.36. The number of hydrogen-bond acceptors (Lipinski definition) is 4. The van der Waals surface area contributed by atoms with E-state index in [9.17, 15) is 14.0 Å². The van der Waals surface area contributed by atoms with E-state index in [-0.39, 0.29) is 23.3 Å². The second-order valence-corrected chi connectivity index (χ2v) is 7.71. The molecule has 0 saturated heterocycles. The molecule has 0 aliphatic carbocycles. The van der Waals surface area contributed by atoms with Crippen molar-refractivity contribution in [2.24, 2.45) is 0 Å². The standard InChI is InChI=1S/C24H26FN3O3/c1-16(2)28(24(30)22-9-6-12-31-22)15-18-14-20(10-11-21(18)27(3)4)26-23(29)17-7-5-8-19(25)13-17/h5-14,16H,15H2,1-4H3,(H,26,29). The summed E-state index contributed by atoms with van der Waals surface area (Å²) in [5, 5.41) is 2.81. The lowest BCUT2D eigenvalue weighted by atomic mass is 10.1. The number of hydrogen-bond donors (Lipinski definition) is 1. The van der Waals surface area contributed by atoms with Crippen LogP contribution in [0.15, 0.2) is 65.3 Å². The molecular formula is C24H26FN3O3. The monoisotopic (exact) mass is 423 g/mol. The van der Waals surface area contributed by atoms with Crippen molar-refractivity contribution in [3.63, 3.8) is 0 Å². The van der Waals surface area contributed by atoms with E-state index in [1.807, 2.05) is 45.0 Å². The average Bonchev–Trinajstić information content (AvgIpc) is 3.26. The number of halogens is 1. The molecule has 0 bridgehead atoms. The molecule has 1 heterocycles. The molecule has 1 N–H and O–H groups in total. The predicted molar refractivity (Wildman–Crippen MR) is 119 cm³/mol. The Morgan fingerprint density at radius 1 is 1.06 bits per heavy atom. The molecule has 0 fully saturated rings. The first-order valence-corrected chi connectivity index (χ1v) is 9.98. The lowest BCUT2D eigenvalue weighted by Gasteiger charge is -2.28. The molecular weight excluding hydrogens is 397 g/mol. The minimum Gasteiger partial charge on any atom is -0.459 e. The largest absolute Gasteiger partial charge is 0.459 e. The maximum Gasteiger partial charge on any atom is 0.290 e. The van der Waals surface area contributed by atoms with Gasteiger partial charge in [0, 0.05) is 43.6 Å². The summed E-state index contributed by atoms with van der Waals surface area (Å²) in [7, 11) is 3.83. The quantitative estimate of drug-likeness (QED) is 0.594. The van der Waals surface area contributed by atoms with Crippen LogP contribution in [0.5, 0.6) is 0 Å². The predicted octanol–water partition coefficient (Wildman–Crippen LogP) is 4.79. The fraction of sp³-hybridized carbons (Fsp3) is 0.250. The summed E-state index contributed by atoms with van der Waals surface area (Å²) in [6.07, 6.45) is 1.47. The maximum atomic E-state index is 13.5. The number of furan rings is 1. The van der Waals surface area contributed by atoms with Gasteiger partial charge in [0.1, 0.15) is 5.82 Å². The molecule has 1 aromatic heterocycles. The van der Waals surface area contributed by atoms with Gasteiger partial charge in [0.05, 0.1) is 6.26 Å². The summed E-state index contributed by atoms with van der Waals surface area (Å²) in [4.78, 5) is 29.1. The minimum atomic E-state index is -0.472. The third-order valence-electron chi connectivity index (χ3n) is 4.86. The van der Waals surface area contributed by atoms with Crippen LogP contribution in [0.3, 0.4) is 0 Å². The summed E-state index contributed by atoms with van der Waals surface area (Å²) >= 11 is 0. The topological polar surface area (TPSA) is 65.8 Å². The Hall–Kier alpha value is -3.61. The van der Waals surface area contributed by atoms with Gasteiger partial charge < -0.3 is 19.5 Å². The Bertz CT molecular complexity index is 1060. The van der Waals surface area contributed by atoms with E-state index in [1.54, 1.807) is 29.2 Å². The second kappa shape index (κ2) is 9.47. The van der Waals surface area contributed by atoms with Crippen molar-refractivity contribution >= 4 is 23.2 Å². The second-order valence-electron chi connectivity index (χ2n) is 7.71. The summed E-state index contributed by atoms with van der Waals surface area (Å²) in [5.74, 6) is -0.815. The number of benzene rings is 2. The van der Waals surface area contributed by atoms with Crippen molar-refractivity contribution in [2.75, 3.05) is 24.3 Å². The van der Waals surface area contributed by atoms with Crippen LogP contribution < -0.4 is 10.2 Å². The fourth-order valence-corrected chi connectivity index (χ4v) is 3.27. The first-order valence-electron chi connectivity index (χ1n) is 9.98. The molecule has 162 valence electrons. The SMILES string of the molecule is CC(C)N(Cc1cc(NC(=O)c2cccc(F)c2)ccc1N(C)C)C(=O)c1ccco1. The summed E-state index contributed by atoms with van der Waals surface area (Å²) in [6.45, 7) is 4.20.